The molecule has 0 aliphatic heterocycles. The SMILES string of the molecule is CC(C)CC(C)OC(=O)NCCN(C)CCS(C)(=O)=O. The number of ether oxygens (including phenoxy) is 1. The Morgan fingerprint density at radius 3 is 2.35 bits per heavy atom. The van der Waals surface area contributed by atoms with E-state index < -0.39 is 15.9 Å². The quantitative estimate of drug-likeness (QED) is 0.691. The molecule has 0 aromatic rings. The van der Waals surface area contributed by atoms with Gasteiger partial charge in [-0.3, -0.25) is 0 Å². The first kappa shape index (κ1) is 19.2. The molecule has 0 aliphatic rings. The highest BCUT2D eigenvalue weighted by Gasteiger charge is 2.11. The summed E-state index contributed by atoms with van der Waals surface area (Å²) < 4.78 is 27.2. The molecule has 0 bridgehead atoms. The molecule has 1 amide bonds. The van der Waals surface area contributed by atoms with Crippen molar-refractivity contribution in [2.75, 3.05) is 38.7 Å². The van der Waals surface area contributed by atoms with E-state index in [1.165, 1.54) is 6.26 Å². The Balaban J connectivity index is 3.75. The molecule has 6 nitrogen and oxygen atoms in total. The van der Waals surface area contributed by atoms with Crippen LogP contribution in [0.3, 0.4) is 0 Å². The summed E-state index contributed by atoms with van der Waals surface area (Å²) in [6.07, 6.45) is 1.53. The van der Waals surface area contributed by atoms with Gasteiger partial charge in [0.15, 0.2) is 0 Å². The van der Waals surface area contributed by atoms with E-state index in [0.29, 0.717) is 25.6 Å². The third-order valence-electron chi connectivity index (χ3n) is 2.72. The van der Waals surface area contributed by atoms with Crippen LogP contribution in [0.4, 0.5) is 4.79 Å². The predicted molar refractivity (Wildman–Crippen MR) is 80.6 cm³/mol. The average molecular weight is 308 g/mol. The van der Waals surface area contributed by atoms with Crippen LogP contribution in [0.15, 0.2) is 0 Å². The number of carbonyl (C=O) groups is 1. The summed E-state index contributed by atoms with van der Waals surface area (Å²) in [6, 6.07) is 0. The number of rotatable bonds is 9. The standard InChI is InChI=1S/C13H28N2O4S/c1-11(2)10-12(3)19-13(16)14-6-7-15(4)8-9-20(5,17)18/h11-12H,6-10H2,1-5H3,(H,14,16). The van der Waals surface area contributed by atoms with Crippen molar-refractivity contribution in [1.29, 1.82) is 0 Å². The van der Waals surface area contributed by atoms with Gasteiger partial charge in [-0.05, 0) is 26.3 Å². The Labute approximate surface area is 122 Å². The van der Waals surface area contributed by atoms with E-state index in [2.05, 4.69) is 19.2 Å². The lowest BCUT2D eigenvalue weighted by Crippen LogP contribution is -2.36. The van der Waals surface area contributed by atoms with Gasteiger partial charge < -0.3 is 15.0 Å². The van der Waals surface area contributed by atoms with Crippen molar-refractivity contribution in [3.63, 3.8) is 0 Å². The first-order chi connectivity index (χ1) is 9.10. The van der Waals surface area contributed by atoms with Crippen LogP contribution in [0.1, 0.15) is 27.2 Å². The minimum Gasteiger partial charge on any atom is -0.447 e. The van der Waals surface area contributed by atoms with Crippen molar-refractivity contribution in [2.24, 2.45) is 5.92 Å². The van der Waals surface area contributed by atoms with Crippen molar-refractivity contribution in [2.45, 2.75) is 33.3 Å². The summed E-state index contributed by atoms with van der Waals surface area (Å²) >= 11 is 0. The highest BCUT2D eigenvalue weighted by Crippen LogP contribution is 2.07. The molecule has 0 fully saturated rings. The summed E-state index contributed by atoms with van der Waals surface area (Å²) in [6.45, 7) is 7.51. The molecular formula is C13H28N2O4S. The van der Waals surface area contributed by atoms with Crippen LogP contribution in [0.5, 0.6) is 0 Å². The van der Waals surface area contributed by atoms with Crippen molar-refractivity contribution in [3.8, 4) is 0 Å². The minimum absolute atomic E-state index is 0.0991. The Hall–Kier alpha value is -0.820. The van der Waals surface area contributed by atoms with Gasteiger partial charge in [-0.1, -0.05) is 13.8 Å². The normalized spacial score (nSPS) is 13.6. The van der Waals surface area contributed by atoms with Gasteiger partial charge in [0, 0.05) is 25.9 Å². The predicted octanol–water partition coefficient (Wildman–Crippen LogP) is 1.12. The molecule has 0 radical (unpaired) electrons. The maximum absolute atomic E-state index is 11.5. The molecule has 0 saturated carbocycles. The smallest absolute Gasteiger partial charge is 0.407 e. The number of amides is 1. The highest BCUT2D eigenvalue weighted by molar-refractivity contribution is 7.90. The highest BCUT2D eigenvalue weighted by atomic mass is 32.2. The van der Waals surface area contributed by atoms with Gasteiger partial charge in [-0.15, -0.1) is 0 Å². The maximum Gasteiger partial charge on any atom is 0.407 e. The van der Waals surface area contributed by atoms with E-state index >= 15 is 0 Å². The molecule has 1 unspecified atom stereocenters. The molecule has 1 N–H and O–H groups in total. The van der Waals surface area contributed by atoms with Gasteiger partial charge in [0.25, 0.3) is 0 Å². The Kier molecular flexibility index (Phi) is 8.80. The lowest BCUT2D eigenvalue weighted by Gasteiger charge is -2.18. The molecule has 0 saturated heterocycles. The maximum atomic E-state index is 11.5. The van der Waals surface area contributed by atoms with E-state index in [0.717, 1.165) is 6.42 Å². The van der Waals surface area contributed by atoms with Crippen LogP contribution in [0.25, 0.3) is 0 Å². The van der Waals surface area contributed by atoms with Crippen LogP contribution >= 0.6 is 0 Å². The molecule has 120 valence electrons. The number of sulfone groups is 1. The number of carbonyl (C=O) groups excluding carboxylic acids is 1. The van der Waals surface area contributed by atoms with E-state index in [4.69, 9.17) is 4.74 Å². The molecule has 20 heavy (non-hydrogen) atoms. The van der Waals surface area contributed by atoms with E-state index in [9.17, 15) is 13.2 Å². The molecular weight excluding hydrogens is 280 g/mol. The number of likely N-dealkylation sites (N-methyl/N-ethyl adjacent to an activating group) is 1. The molecule has 1 atom stereocenters. The first-order valence-electron chi connectivity index (χ1n) is 6.91. The van der Waals surface area contributed by atoms with Gasteiger partial charge in [-0.2, -0.15) is 0 Å². The van der Waals surface area contributed by atoms with Gasteiger partial charge in [0.2, 0.25) is 0 Å². The third-order valence-corrected chi connectivity index (χ3v) is 3.64. The van der Waals surface area contributed by atoms with Gasteiger partial charge >= 0.3 is 6.09 Å². The summed E-state index contributed by atoms with van der Waals surface area (Å²) in [5, 5.41) is 2.66. The van der Waals surface area contributed by atoms with Crippen LogP contribution in [-0.4, -0.2) is 64.2 Å². The fourth-order valence-corrected chi connectivity index (χ4v) is 2.36. The lowest BCUT2D eigenvalue weighted by atomic mass is 10.1. The molecule has 0 spiro atoms. The second-order valence-corrected chi connectivity index (χ2v) is 7.97. The molecule has 0 aromatic carbocycles. The van der Waals surface area contributed by atoms with Gasteiger partial charge in [0.05, 0.1) is 5.75 Å². The van der Waals surface area contributed by atoms with Gasteiger partial charge in [0.1, 0.15) is 15.9 Å². The average Bonchev–Trinajstić information content (AvgIpc) is 2.23. The van der Waals surface area contributed by atoms with Crippen LogP contribution < -0.4 is 5.32 Å². The second-order valence-electron chi connectivity index (χ2n) is 5.71. The van der Waals surface area contributed by atoms with Crippen LogP contribution in [0.2, 0.25) is 0 Å². The Bertz CT molecular complexity index is 382. The largest absolute Gasteiger partial charge is 0.447 e. The fourth-order valence-electron chi connectivity index (χ4n) is 1.72. The monoisotopic (exact) mass is 308 g/mol. The Morgan fingerprint density at radius 1 is 1.25 bits per heavy atom. The van der Waals surface area contributed by atoms with Crippen LogP contribution in [-0.2, 0) is 14.6 Å². The molecule has 0 rings (SSSR count). The van der Waals surface area contributed by atoms with Crippen molar-refractivity contribution in [1.82, 2.24) is 10.2 Å². The number of nitrogens with one attached hydrogen (secondary N) is 1. The molecule has 0 aromatic heterocycles. The lowest BCUT2D eigenvalue weighted by molar-refractivity contribution is 0.0948. The molecule has 0 heterocycles. The van der Waals surface area contributed by atoms with E-state index in [1.807, 2.05) is 18.9 Å². The van der Waals surface area contributed by atoms with E-state index in [-0.39, 0.29) is 11.9 Å². The summed E-state index contributed by atoms with van der Waals surface area (Å²) in [7, 11) is -1.12. The zero-order chi connectivity index (χ0) is 15.8. The Morgan fingerprint density at radius 2 is 1.85 bits per heavy atom. The third kappa shape index (κ3) is 12.2. The summed E-state index contributed by atoms with van der Waals surface area (Å²) in [4.78, 5) is 13.3. The first-order valence-corrected chi connectivity index (χ1v) is 8.97. The number of hydrogen-bond donors (Lipinski definition) is 1. The fraction of sp³-hybridized carbons (Fsp3) is 0.923. The zero-order valence-electron chi connectivity index (χ0n) is 13.2. The summed E-state index contributed by atoms with van der Waals surface area (Å²) in [5.74, 6) is 0.610. The van der Waals surface area contributed by atoms with Crippen LogP contribution in [0, 0.1) is 5.92 Å². The van der Waals surface area contributed by atoms with E-state index in [1.54, 1.807) is 0 Å². The number of hydrogen-bond acceptors (Lipinski definition) is 5. The molecule has 7 heteroatoms. The zero-order valence-corrected chi connectivity index (χ0v) is 14.0. The van der Waals surface area contributed by atoms with Crippen molar-refractivity contribution in [3.05, 3.63) is 0 Å². The van der Waals surface area contributed by atoms with Gasteiger partial charge in [-0.25, -0.2) is 13.2 Å². The minimum atomic E-state index is -2.94. The molecule has 0 aliphatic carbocycles. The second kappa shape index (κ2) is 9.18. The summed E-state index contributed by atoms with van der Waals surface area (Å²) in [5.41, 5.74) is 0. The van der Waals surface area contributed by atoms with Crippen molar-refractivity contribution < 1.29 is 17.9 Å². The number of nitrogens with zero attached hydrogens (tertiary/aromatic N) is 1. The topological polar surface area (TPSA) is 75.7 Å². The van der Waals surface area contributed by atoms with Crippen molar-refractivity contribution >= 4 is 15.9 Å². The number of alkyl carbamates (subject to hydrolysis) is 1.